The van der Waals surface area contributed by atoms with Gasteiger partial charge in [0.05, 0.1) is 0 Å². The summed E-state index contributed by atoms with van der Waals surface area (Å²) in [5.41, 5.74) is 1.11. The molecule has 1 aromatic rings. The highest BCUT2D eigenvalue weighted by Crippen LogP contribution is 2.12. The number of nitrogens with zero attached hydrogens (tertiary/aromatic N) is 1. The average molecular weight is 291 g/mol. The van der Waals surface area contributed by atoms with E-state index >= 15 is 0 Å². The van der Waals surface area contributed by atoms with Crippen molar-refractivity contribution >= 4 is 33.4 Å². The van der Waals surface area contributed by atoms with Crippen LogP contribution in [0.5, 0.6) is 0 Å². The van der Waals surface area contributed by atoms with E-state index in [0.29, 0.717) is 13.1 Å². The Morgan fingerprint density at radius 3 is 2.47 bits per heavy atom. The van der Waals surface area contributed by atoms with Crippen LogP contribution in [-0.4, -0.2) is 23.2 Å². The van der Waals surface area contributed by atoms with E-state index in [4.69, 9.17) is 11.6 Å². The van der Waals surface area contributed by atoms with Gasteiger partial charge in [-0.25, -0.2) is 0 Å². The van der Waals surface area contributed by atoms with Crippen LogP contribution in [0.25, 0.3) is 0 Å². The lowest BCUT2D eigenvalue weighted by atomic mass is 10.2. The Morgan fingerprint density at radius 1 is 1.40 bits per heavy atom. The first-order valence-corrected chi connectivity index (χ1v) is 6.08. The quantitative estimate of drug-likeness (QED) is 0.781. The van der Waals surface area contributed by atoms with Crippen LogP contribution >= 0.6 is 27.5 Å². The molecule has 1 aromatic carbocycles. The van der Waals surface area contributed by atoms with Crippen molar-refractivity contribution in [2.45, 2.75) is 13.5 Å². The Kier molecular flexibility index (Phi) is 5.12. The molecule has 0 saturated carbocycles. The van der Waals surface area contributed by atoms with Gasteiger partial charge in [0.25, 0.3) is 0 Å². The predicted molar refractivity (Wildman–Crippen MR) is 66.0 cm³/mol. The van der Waals surface area contributed by atoms with Crippen LogP contribution in [0.15, 0.2) is 28.7 Å². The van der Waals surface area contributed by atoms with Gasteiger partial charge in [0.15, 0.2) is 0 Å². The molecule has 1 rings (SSSR count). The number of carbonyl (C=O) groups is 1. The number of hydrogen-bond acceptors (Lipinski definition) is 1. The van der Waals surface area contributed by atoms with Crippen LogP contribution < -0.4 is 0 Å². The molecule has 15 heavy (non-hydrogen) atoms. The molecule has 0 aliphatic heterocycles. The molecular weight excluding hydrogens is 277 g/mol. The van der Waals surface area contributed by atoms with Crippen LogP contribution in [0.3, 0.4) is 0 Å². The van der Waals surface area contributed by atoms with Gasteiger partial charge in [-0.15, -0.1) is 11.6 Å². The first-order chi connectivity index (χ1) is 7.17. The van der Waals surface area contributed by atoms with E-state index in [9.17, 15) is 4.79 Å². The van der Waals surface area contributed by atoms with Gasteiger partial charge < -0.3 is 4.90 Å². The number of rotatable bonds is 4. The van der Waals surface area contributed by atoms with Gasteiger partial charge in [-0.2, -0.15) is 0 Å². The minimum Gasteiger partial charge on any atom is -0.338 e. The summed E-state index contributed by atoms with van der Waals surface area (Å²) in [5, 5.41) is 0. The molecule has 0 N–H and O–H groups in total. The maximum atomic E-state index is 11.4. The SMILES string of the molecule is CCN(Cc1ccc(Br)cc1)C(=O)CCl. The van der Waals surface area contributed by atoms with Crippen molar-refractivity contribution < 1.29 is 4.79 Å². The molecule has 0 spiro atoms. The molecular formula is C11H13BrClNO. The summed E-state index contributed by atoms with van der Waals surface area (Å²) in [6, 6.07) is 7.92. The average Bonchev–Trinajstić information content (AvgIpc) is 2.27. The Labute approximate surface area is 103 Å². The lowest BCUT2D eigenvalue weighted by Crippen LogP contribution is -2.31. The fourth-order valence-electron chi connectivity index (χ4n) is 1.27. The van der Waals surface area contributed by atoms with E-state index in [-0.39, 0.29) is 11.8 Å². The third-order valence-corrected chi connectivity index (χ3v) is 2.89. The first kappa shape index (κ1) is 12.5. The zero-order valence-electron chi connectivity index (χ0n) is 8.54. The maximum Gasteiger partial charge on any atom is 0.237 e. The van der Waals surface area contributed by atoms with Gasteiger partial charge in [-0.3, -0.25) is 4.79 Å². The molecule has 0 unspecified atom stereocenters. The minimum absolute atomic E-state index is 0.0258. The molecule has 0 atom stereocenters. The van der Waals surface area contributed by atoms with Crippen molar-refractivity contribution in [2.24, 2.45) is 0 Å². The Bertz CT molecular complexity index is 326. The molecule has 0 bridgehead atoms. The second kappa shape index (κ2) is 6.13. The molecule has 0 heterocycles. The number of benzene rings is 1. The maximum absolute atomic E-state index is 11.4. The van der Waals surface area contributed by atoms with Crippen molar-refractivity contribution in [1.29, 1.82) is 0 Å². The monoisotopic (exact) mass is 289 g/mol. The van der Waals surface area contributed by atoms with Crippen LogP contribution in [-0.2, 0) is 11.3 Å². The van der Waals surface area contributed by atoms with Gasteiger partial charge in [-0.05, 0) is 24.6 Å². The van der Waals surface area contributed by atoms with Crippen LogP contribution in [0.2, 0.25) is 0 Å². The Balaban J connectivity index is 2.66. The van der Waals surface area contributed by atoms with E-state index < -0.39 is 0 Å². The van der Waals surface area contributed by atoms with Crippen molar-refractivity contribution in [3.63, 3.8) is 0 Å². The highest BCUT2D eigenvalue weighted by molar-refractivity contribution is 9.10. The minimum atomic E-state index is -0.0258. The van der Waals surface area contributed by atoms with Gasteiger partial charge in [0, 0.05) is 17.6 Å². The van der Waals surface area contributed by atoms with Gasteiger partial charge >= 0.3 is 0 Å². The van der Waals surface area contributed by atoms with E-state index in [2.05, 4.69) is 15.9 Å². The largest absolute Gasteiger partial charge is 0.338 e. The molecule has 0 aromatic heterocycles. The molecule has 0 saturated heterocycles. The Hall–Kier alpha value is -0.540. The van der Waals surface area contributed by atoms with E-state index in [0.717, 1.165) is 10.0 Å². The molecule has 0 aliphatic rings. The highest BCUT2D eigenvalue weighted by Gasteiger charge is 2.10. The number of alkyl halides is 1. The summed E-state index contributed by atoms with van der Waals surface area (Å²) >= 11 is 8.89. The highest BCUT2D eigenvalue weighted by atomic mass is 79.9. The summed E-state index contributed by atoms with van der Waals surface area (Å²) < 4.78 is 1.04. The zero-order chi connectivity index (χ0) is 11.3. The third-order valence-electron chi connectivity index (χ3n) is 2.14. The topological polar surface area (TPSA) is 20.3 Å². The second-order valence-corrected chi connectivity index (χ2v) is 4.35. The molecule has 82 valence electrons. The third kappa shape index (κ3) is 3.84. The molecule has 4 heteroatoms. The summed E-state index contributed by atoms with van der Waals surface area (Å²) in [7, 11) is 0. The second-order valence-electron chi connectivity index (χ2n) is 3.17. The smallest absolute Gasteiger partial charge is 0.237 e. The summed E-state index contributed by atoms with van der Waals surface area (Å²) in [6.45, 7) is 3.25. The molecule has 0 aliphatic carbocycles. The summed E-state index contributed by atoms with van der Waals surface area (Å²) in [6.07, 6.45) is 0. The van der Waals surface area contributed by atoms with Crippen LogP contribution in [0.4, 0.5) is 0 Å². The van der Waals surface area contributed by atoms with Gasteiger partial charge in [-0.1, -0.05) is 28.1 Å². The van der Waals surface area contributed by atoms with Crippen molar-refractivity contribution in [3.05, 3.63) is 34.3 Å². The van der Waals surface area contributed by atoms with Crippen LogP contribution in [0.1, 0.15) is 12.5 Å². The number of halogens is 2. The molecule has 2 nitrogen and oxygen atoms in total. The van der Waals surface area contributed by atoms with Gasteiger partial charge in [0.1, 0.15) is 5.88 Å². The van der Waals surface area contributed by atoms with E-state index in [1.807, 2.05) is 31.2 Å². The van der Waals surface area contributed by atoms with Crippen LogP contribution in [0, 0.1) is 0 Å². The fourth-order valence-corrected chi connectivity index (χ4v) is 1.70. The Morgan fingerprint density at radius 2 is 2.00 bits per heavy atom. The van der Waals surface area contributed by atoms with E-state index in [1.165, 1.54) is 0 Å². The lowest BCUT2D eigenvalue weighted by molar-refractivity contribution is -0.128. The molecule has 0 radical (unpaired) electrons. The van der Waals surface area contributed by atoms with E-state index in [1.54, 1.807) is 4.90 Å². The predicted octanol–water partition coefficient (Wildman–Crippen LogP) is 3.04. The number of carbonyl (C=O) groups excluding carboxylic acids is 1. The van der Waals surface area contributed by atoms with Gasteiger partial charge in [0.2, 0.25) is 5.91 Å². The fraction of sp³-hybridized carbons (Fsp3) is 0.364. The van der Waals surface area contributed by atoms with Crippen molar-refractivity contribution in [1.82, 2.24) is 4.90 Å². The summed E-state index contributed by atoms with van der Waals surface area (Å²) in [5.74, 6) is 0.0202. The molecule has 1 amide bonds. The number of hydrogen-bond donors (Lipinski definition) is 0. The zero-order valence-corrected chi connectivity index (χ0v) is 10.9. The normalized spacial score (nSPS) is 10.1. The lowest BCUT2D eigenvalue weighted by Gasteiger charge is -2.19. The number of amides is 1. The summed E-state index contributed by atoms with van der Waals surface area (Å²) in [4.78, 5) is 13.1. The standard InChI is InChI=1S/C11H13BrClNO/c1-2-14(11(15)7-13)8-9-3-5-10(12)6-4-9/h3-6H,2,7-8H2,1H3. The molecule has 0 fully saturated rings. The first-order valence-electron chi connectivity index (χ1n) is 4.75. The van der Waals surface area contributed by atoms with Crippen molar-refractivity contribution in [3.8, 4) is 0 Å². The van der Waals surface area contributed by atoms with Crippen molar-refractivity contribution in [2.75, 3.05) is 12.4 Å².